The average Bonchev–Trinajstić information content (AvgIpc) is 2.64. The van der Waals surface area contributed by atoms with Gasteiger partial charge in [0.25, 0.3) is 5.91 Å². The molecule has 3 rings (SSSR count). The van der Waals surface area contributed by atoms with Crippen molar-refractivity contribution in [3.8, 4) is 0 Å². The van der Waals surface area contributed by atoms with E-state index in [1.165, 1.54) is 12.1 Å². The Labute approximate surface area is 166 Å². The lowest BCUT2D eigenvalue weighted by molar-refractivity contribution is 0.102. The number of nitrogens with one attached hydrogen (secondary N) is 2. The molecule has 1 heterocycles. The minimum absolute atomic E-state index is 0.0570. The monoisotopic (exact) mass is 405 g/mol. The van der Waals surface area contributed by atoms with Crippen LogP contribution >= 0.6 is 34.8 Å². The molecule has 0 unspecified atom stereocenters. The van der Waals surface area contributed by atoms with Gasteiger partial charge in [-0.1, -0.05) is 65.1 Å². The van der Waals surface area contributed by atoms with Crippen LogP contribution in [0.5, 0.6) is 0 Å². The van der Waals surface area contributed by atoms with E-state index in [2.05, 4.69) is 15.6 Å². The number of carbonyl (C=O) groups excluding carboxylic acids is 1. The number of nitrogens with zero attached hydrogens (tertiary/aromatic N) is 1. The number of anilines is 2. The molecular weight excluding hydrogens is 393 g/mol. The van der Waals surface area contributed by atoms with Gasteiger partial charge in [-0.2, -0.15) is 0 Å². The Hall–Kier alpha value is -2.27. The lowest BCUT2D eigenvalue weighted by Crippen LogP contribution is -2.14. The van der Waals surface area contributed by atoms with Gasteiger partial charge in [-0.15, -0.1) is 0 Å². The Morgan fingerprint density at radius 1 is 0.923 bits per heavy atom. The standard InChI is InChI=1S/C19H14Cl3N3O/c20-14-7-9-17(22)25-18(14)19(26)24-13-6-8-16(15(21)10-13)23-11-12-4-2-1-3-5-12/h1-10,23H,11H2,(H,24,26). The minimum Gasteiger partial charge on any atom is -0.380 e. The summed E-state index contributed by atoms with van der Waals surface area (Å²) >= 11 is 18.1. The fourth-order valence-corrected chi connectivity index (χ4v) is 2.88. The summed E-state index contributed by atoms with van der Waals surface area (Å²) in [5.74, 6) is -0.460. The van der Waals surface area contributed by atoms with Gasteiger partial charge in [0.1, 0.15) is 10.8 Å². The number of carbonyl (C=O) groups is 1. The predicted octanol–water partition coefficient (Wildman–Crippen LogP) is 5.91. The van der Waals surface area contributed by atoms with Gasteiger partial charge in [-0.25, -0.2) is 4.98 Å². The molecule has 0 spiro atoms. The molecular formula is C19H14Cl3N3O. The Morgan fingerprint density at radius 3 is 2.42 bits per heavy atom. The molecule has 2 N–H and O–H groups in total. The molecule has 0 saturated carbocycles. The molecule has 0 bridgehead atoms. The summed E-state index contributed by atoms with van der Waals surface area (Å²) in [6.07, 6.45) is 0. The quantitative estimate of drug-likeness (QED) is 0.518. The maximum atomic E-state index is 12.3. The first kappa shape index (κ1) is 18.5. The van der Waals surface area contributed by atoms with Gasteiger partial charge < -0.3 is 10.6 Å². The van der Waals surface area contributed by atoms with Crippen molar-refractivity contribution in [1.82, 2.24) is 4.98 Å². The van der Waals surface area contributed by atoms with Crippen molar-refractivity contribution >= 4 is 52.1 Å². The van der Waals surface area contributed by atoms with Crippen LogP contribution < -0.4 is 10.6 Å². The van der Waals surface area contributed by atoms with E-state index in [0.29, 0.717) is 17.3 Å². The lowest BCUT2D eigenvalue weighted by atomic mass is 10.2. The van der Waals surface area contributed by atoms with Crippen molar-refractivity contribution in [3.63, 3.8) is 0 Å². The molecule has 132 valence electrons. The van der Waals surface area contributed by atoms with Gasteiger partial charge in [0, 0.05) is 12.2 Å². The number of aromatic nitrogens is 1. The Morgan fingerprint density at radius 2 is 1.69 bits per heavy atom. The zero-order valence-electron chi connectivity index (χ0n) is 13.5. The molecule has 1 aromatic heterocycles. The summed E-state index contributed by atoms with van der Waals surface area (Å²) in [6, 6.07) is 18.2. The number of pyridine rings is 1. The third-order valence-corrected chi connectivity index (χ3v) is 4.41. The fraction of sp³-hybridized carbons (Fsp3) is 0.0526. The van der Waals surface area contributed by atoms with E-state index >= 15 is 0 Å². The fourth-order valence-electron chi connectivity index (χ4n) is 2.30. The van der Waals surface area contributed by atoms with Crippen molar-refractivity contribution in [2.75, 3.05) is 10.6 Å². The predicted molar refractivity (Wildman–Crippen MR) is 107 cm³/mol. The summed E-state index contributed by atoms with van der Waals surface area (Å²) < 4.78 is 0. The molecule has 7 heteroatoms. The summed E-state index contributed by atoms with van der Waals surface area (Å²) in [7, 11) is 0. The van der Waals surface area contributed by atoms with Gasteiger partial charge in [0.05, 0.1) is 15.7 Å². The van der Waals surface area contributed by atoms with E-state index in [1.54, 1.807) is 18.2 Å². The van der Waals surface area contributed by atoms with Gasteiger partial charge in [0.15, 0.2) is 0 Å². The third-order valence-electron chi connectivity index (χ3n) is 3.58. The molecule has 0 fully saturated rings. The Kier molecular flexibility index (Phi) is 5.99. The smallest absolute Gasteiger partial charge is 0.275 e. The summed E-state index contributed by atoms with van der Waals surface area (Å²) in [4.78, 5) is 16.3. The molecule has 4 nitrogen and oxygen atoms in total. The van der Waals surface area contributed by atoms with Crippen LogP contribution in [0.15, 0.2) is 60.7 Å². The second-order valence-corrected chi connectivity index (χ2v) is 6.65. The van der Waals surface area contributed by atoms with Gasteiger partial charge in [-0.05, 0) is 35.9 Å². The molecule has 3 aromatic rings. The summed E-state index contributed by atoms with van der Waals surface area (Å²) in [5.41, 5.74) is 2.50. The zero-order valence-corrected chi connectivity index (χ0v) is 15.7. The van der Waals surface area contributed by atoms with Crippen molar-refractivity contribution in [1.29, 1.82) is 0 Å². The highest BCUT2D eigenvalue weighted by Crippen LogP contribution is 2.27. The second-order valence-electron chi connectivity index (χ2n) is 5.45. The van der Waals surface area contributed by atoms with Crippen LogP contribution in [0.1, 0.15) is 16.1 Å². The average molecular weight is 407 g/mol. The Balaban J connectivity index is 1.69. The van der Waals surface area contributed by atoms with E-state index in [9.17, 15) is 4.79 Å². The summed E-state index contributed by atoms with van der Waals surface area (Å²) in [5, 5.41) is 6.88. The second kappa shape index (κ2) is 8.41. The van der Waals surface area contributed by atoms with Gasteiger partial charge >= 0.3 is 0 Å². The van der Waals surface area contributed by atoms with E-state index < -0.39 is 5.91 Å². The molecule has 26 heavy (non-hydrogen) atoms. The first-order chi connectivity index (χ1) is 12.5. The molecule has 1 amide bonds. The summed E-state index contributed by atoms with van der Waals surface area (Å²) in [6.45, 7) is 0.647. The Bertz CT molecular complexity index is 933. The van der Waals surface area contributed by atoms with E-state index in [-0.39, 0.29) is 15.9 Å². The van der Waals surface area contributed by atoms with Crippen LogP contribution in [0.2, 0.25) is 15.2 Å². The van der Waals surface area contributed by atoms with Crippen molar-refractivity contribution < 1.29 is 4.79 Å². The zero-order chi connectivity index (χ0) is 18.5. The number of rotatable bonds is 5. The van der Waals surface area contributed by atoms with Crippen molar-refractivity contribution in [3.05, 3.63) is 87.1 Å². The highest BCUT2D eigenvalue weighted by molar-refractivity contribution is 6.35. The normalized spacial score (nSPS) is 10.4. The van der Waals surface area contributed by atoms with Gasteiger partial charge in [-0.3, -0.25) is 4.79 Å². The number of halogens is 3. The van der Waals surface area contributed by atoms with Crippen LogP contribution in [-0.4, -0.2) is 10.9 Å². The van der Waals surface area contributed by atoms with Crippen LogP contribution in [0, 0.1) is 0 Å². The molecule has 2 aromatic carbocycles. The molecule has 0 aliphatic heterocycles. The minimum atomic E-state index is -0.460. The number of hydrogen-bond donors (Lipinski definition) is 2. The molecule has 0 saturated heterocycles. The molecule has 0 atom stereocenters. The van der Waals surface area contributed by atoms with E-state index in [1.807, 2.05) is 30.3 Å². The largest absolute Gasteiger partial charge is 0.380 e. The van der Waals surface area contributed by atoms with Gasteiger partial charge in [0.2, 0.25) is 0 Å². The highest BCUT2D eigenvalue weighted by atomic mass is 35.5. The lowest BCUT2D eigenvalue weighted by Gasteiger charge is -2.11. The topological polar surface area (TPSA) is 54.0 Å². The number of hydrogen-bond acceptors (Lipinski definition) is 3. The van der Waals surface area contributed by atoms with Crippen LogP contribution in [0.4, 0.5) is 11.4 Å². The first-order valence-electron chi connectivity index (χ1n) is 7.73. The number of amides is 1. The molecule has 0 aliphatic carbocycles. The highest BCUT2D eigenvalue weighted by Gasteiger charge is 2.14. The first-order valence-corrected chi connectivity index (χ1v) is 8.87. The van der Waals surface area contributed by atoms with Crippen molar-refractivity contribution in [2.24, 2.45) is 0 Å². The SMILES string of the molecule is O=C(Nc1ccc(NCc2ccccc2)c(Cl)c1)c1nc(Cl)ccc1Cl. The third kappa shape index (κ3) is 4.67. The maximum Gasteiger partial charge on any atom is 0.275 e. The molecule has 0 aliphatic rings. The van der Waals surface area contributed by atoms with E-state index in [0.717, 1.165) is 11.3 Å². The maximum absolute atomic E-state index is 12.3. The number of benzene rings is 2. The molecule has 0 radical (unpaired) electrons. The van der Waals surface area contributed by atoms with Crippen LogP contribution in [-0.2, 0) is 6.54 Å². The van der Waals surface area contributed by atoms with Crippen molar-refractivity contribution in [2.45, 2.75) is 6.54 Å². The van der Waals surface area contributed by atoms with Crippen LogP contribution in [0.3, 0.4) is 0 Å². The van der Waals surface area contributed by atoms with E-state index in [4.69, 9.17) is 34.8 Å². The van der Waals surface area contributed by atoms with Crippen LogP contribution in [0.25, 0.3) is 0 Å².